The summed E-state index contributed by atoms with van der Waals surface area (Å²) in [4.78, 5) is 2.44. The molecule has 0 saturated heterocycles. The second-order valence-electron chi connectivity index (χ2n) is 16.8. The Balaban J connectivity index is 1.04. The maximum absolute atomic E-state index is 2.49. The van der Waals surface area contributed by atoms with Crippen LogP contribution >= 0.6 is 22.7 Å². The number of rotatable bonds is 7. The molecule has 2 aromatic heterocycles. The Hall–Kier alpha value is -7.56. The highest BCUT2D eigenvalue weighted by Crippen LogP contribution is 2.60. The Morgan fingerprint density at radius 2 is 0.812 bits per heavy atom. The fraction of sp³-hybridized carbons (Fsp3) is 0.0164. The topological polar surface area (TPSA) is 3.24 Å². The molecule has 0 spiro atoms. The molecule has 0 aliphatic heterocycles. The second kappa shape index (κ2) is 14.8. The van der Waals surface area contributed by atoms with E-state index in [0.29, 0.717) is 0 Å². The van der Waals surface area contributed by atoms with Crippen molar-refractivity contribution < 1.29 is 0 Å². The molecule has 3 heteroatoms. The zero-order chi connectivity index (χ0) is 42.2. The Bertz CT molecular complexity index is 3660. The number of fused-ring (bicyclic) bond motifs is 10. The number of thiophene rings is 2. The lowest BCUT2D eigenvalue weighted by Crippen LogP contribution is -2.28. The molecule has 0 atom stereocenters. The van der Waals surface area contributed by atoms with Crippen LogP contribution in [0.3, 0.4) is 0 Å². The molecule has 0 fully saturated rings. The maximum Gasteiger partial charge on any atom is 0.0714 e. The van der Waals surface area contributed by atoms with Gasteiger partial charge in [-0.2, -0.15) is 0 Å². The summed E-state index contributed by atoms with van der Waals surface area (Å²) in [5.74, 6) is 0. The largest absolute Gasteiger partial charge is 0.310 e. The predicted molar refractivity (Wildman–Crippen MR) is 275 cm³/mol. The van der Waals surface area contributed by atoms with Crippen LogP contribution in [0.4, 0.5) is 17.1 Å². The number of nitrogens with zero attached hydrogens (tertiary/aromatic N) is 1. The molecule has 10 aromatic carbocycles. The van der Waals surface area contributed by atoms with Gasteiger partial charge in [0.05, 0.1) is 5.41 Å². The summed E-state index contributed by atoms with van der Waals surface area (Å²) in [6, 6.07) is 87.7. The van der Waals surface area contributed by atoms with E-state index < -0.39 is 5.41 Å². The van der Waals surface area contributed by atoms with Crippen LogP contribution in [0.5, 0.6) is 0 Å². The van der Waals surface area contributed by atoms with Crippen molar-refractivity contribution in [2.45, 2.75) is 5.41 Å². The summed E-state index contributed by atoms with van der Waals surface area (Å²) in [7, 11) is 0. The average Bonchev–Trinajstić information content (AvgIpc) is 4.04. The van der Waals surface area contributed by atoms with E-state index in [2.05, 4.69) is 241 Å². The minimum absolute atomic E-state index is 0.552. The lowest BCUT2D eigenvalue weighted by Gasteiger charge is -2.35. The normalized spacial score (nSPS) is 12.8. The van der Waals surface area contributed by atoms with Gasteiger partial charge in [0.1, 0.15) is 0 Å². The zero-order valence-electron chi connectivity index (χ0n) is 34.8. The SMILES string of the molecule is c1ccc(-c2ccc(N(c3ccc(-c4cccc5c4sc4ccccc45)cc3)c3ccc4c(c3)C(c3ccccc3)(c3ccccc3)c3ccc5c(sc6ccccc65)c3-4)cc2)cc1. The van der Waals surface area contributed by atoms with Crippen LogP contribution in [-0.2, 0) is 5.41 Å². The van der Waals surface area contributed by atoms with E-state index in [1.807, 2.05) is 22.7 Å². The van der Waals surface area contributed by atoms with Crippen molar-refractivity contribution in [3.63, 3.8) is 0 Å². The zero-order valence-corrected chi connectivity index (χ0v) is 36.4. The Labute approximate surface area is 380 Å². The highest BCUT2D eigenvalue weighted by Gasteiger charge is 2.47. The minimum Gasteiger partial charge on any atom is -0.310 e. The van der Waals surface area contributed by atoms with Crippen LogP contribution in [0, 0.1) is 0 Å². The summed E-state index contributed by atoms with van der Waals surface area (Å²) in [5, 5.41) is 5.27. The third-order valence-electron chi connectivity index (χ3n) is 13.4. The van der Waals surface area contributed by atoms with E-state index >= 15 is 0 Å². The van der Waals surface area contributed by atoms with E-state index in [0.717, 1.165) is 17.1 Å². The van der Waals surface area contributed by atoms with Gasteiger partial charge in [0.25, 0.3) is 0 Å². The predicted octanol–water partition coefficient (Wildman–Crippen LogP) is 17.6. The first-order valence-electron chi connectivity index (χ1n) is 21.9. The van der Waals surface area contributed by atoms with Crippen molar-refractivity contribution in [3.8, 4) is 33.4 Å². The van der Waals surface area contributed by atoms with Crippen LogP contribution in [0.25, 0.3) is 73.7 Å². The Kier molecular flexibility index (Phi) is 8.55. The minimum atomic E-state index is -0.552. The summed E-state index contributed by atoms with van der Waals surface area (Å²) in [5.41, 5.74) is 15.4. The molecule has 300 valence electrons. The lowest BCUT2D eigenvalue weighted by molar-refractivity contribution is 0.769. The average molecular weight is 850 g/mol. The molecule has 64 heavy (non-hydrogen) atoms. The van der Waals surface area contributed by atoms with E-state index in [1.165, 1.54) is 96.0 Å². The number of benzene rings is 10. The van der Waals surface area contributed by atoms with Gasteiger partial charge < -0.3 is 4.90 Å². The van der Waals surface area contributed by atoms with E-state index in [-0.39, 0.29) is 0 Å². The van der Waals surface area contributed by atoms with Gasteiger partial charge in [-0.25, -0.2) is 0 Å². The molecule has 0 amide bonds. The second-order valence-corrected chi connectivity index (χ2v) is 18.9. The molecule has 1 aliphatic rings. The third-order valence-corrected chi connectivity index (χ3v) is 15.8. The molecule has 0 N–H and O–H groups in total. The van der Waals surface area contributed by atoms with Gasteiger partial charge in [-0.15, -0.1) is 22.7 Å². The van der Waals surface area contributed by atoms with Crippen molar-refractivity contribution in [1.82, 2.24) is 0 Å². The first-order chi connectivity index (χ1) is 31.7. The number of anilines is 3. The van der Waals surface area contributed by atoms with Crippen molar-refractivity contribution in [3.05, 3.63) is 259 Å². The fourth-order valence-corrected chi connectivity index (χ4v) is 13.0. The van der Waals surface area contributed by atoms with Gasteiger partial charge in [-0.1, -0.05) is 188 Å². The van der Waals surface area contributed by atoms with Gasteiger partial charge in [0.15, 0.2) is 0 Å². The van der Waals surface area contributed by atoms with Crippen LogP contribution in [0.1, 0.15) is 22.3 Å². The highest BCUT2D eigenvalue weighted by atomic mass is 32.1. The lowest BCUT2D eigenvalue weighted by atomic mass is 9.67. The van der Waals surface area contributed by atoms with Crippen LogP contribution < -0.4 is 4.90 Å². The first kappa shape index (κ1) is 37.0. The summed E-state index contributed by atoms with van der Waals surface area (Å²) < 4.78 is 5.31. The number of hydrogen-bond acceptors (Lipinski definition) is 3. The summed E-state index contributed by atoms with van der Waals surface area (Å²) in [6.07, 6.45) is 0. The monoisotopic (exact) mass is 849 g/mol. The van der Waals surface area contributed by atoms with Gasteiger partial charge in [-0.05, 0) is 98.6 Å². The van der Waals surface area contributed by atoms with Gasteiger partial charge >= 0.3 is 0 Å². The highest BCUT2D eigenvalue weighted by molar-refractivity contribution is 7.26. The molecule has 0 radical (unpaired) electrons. The van der Waals surface area contributed by atoms with Crippen LogP contribution in [-0.4, -0.2) is 0 Å². The van der Waals surface area contributed by atoms with Crippen molar-refractivity contribution in [2.75, 3.05) is 4.90 Å². The molecular formula is C61H39NS2. The van der Waals surface area contributed by atoms with Crippen molar-refractivity contribution in [1.29, 1.82) is 0 Å². The molecule has 13 rings (SSSR count). The molecule has 1 aliphatic carbocycles. The summed E-state index contributed by atoms with van der Waals surface area (Å²) in [6.45, 7) is 0. The van der Waals surface area contributed by atoms with Crippen LogP contribution in [0.15, 0.2) is 237 Å². The van der Waals surface area contributed by atoms with E-state index in [4.69, 9.17) is 0 Å². The van der Waals surface area contributed by atoms with E-state index in [1.54, 1.807) is 0 Å². The van der Waals surface area contributed by atoms with Gasteiger partial charge in [-0.3, -0.25) is 0 Å². The molecule has 1 nitrogen and oxygen atoms in total. The first-order valence-corrected chi connectivity index (χ1v) is 23.5. The maximum atomic E-state index is 2.49. The van der Waals surface area contributed by atoms with Crippen LogP contribution in [0.2, 0.25) is 0 Å². The molecule has 0 saturated carbocycles. The van der Waals surface area contributed by atoms with E-state index in [9.17, 15) is 0 Å². The Morgan fingerprint density at radius 3 is 1.45 bits per heavy atom. The van der Waals surface area contributed by atoms with Crippen molar-refractivity contribution in [2.24, 2.45) is 0 Å². The Morgan fingerprint density at radius 1 is 0.312 bits per heavy atom. The van der Waals surface area contributed by atoms with Gasteiger partial charge in [0, 0.05) is 63.0 Å². The fourth-order valence-electron chi connectivity index (χ4n) is 10.5. The van der Waals surface area contributed by atoms with Gasteiger partial charge in [0.2, 0.25) is 0 Å². The quantitative estimate of drug-likeness (QED) is 0.154. The van der Waals surface area contributed by atoms with Crippen molar-refractivity contribution >= 4 is 80.1 Å². The standard InChI is InChI=1S/C61H39NS2/c1-4-15-40(16-5-1)41-27-31-45(32-28-41)62(46-33-29-42(30-34-46)48-23-14-24-51-49-21-10-12-25-56(49)63-59(48)51)47-35-36-53-55(39-47)61(43-17-6-2-7-18-43,44-19-8-3-9-20-44)54-38-37-52-50-22-11-13-26-57(50)64-60(52)58(53)54/h1-39H. The third kappa shape index (κ3) is 5.61. The molecule has 0 unspecified atom stereocenters. The molecule has 12 aromatic rings. The molecule has 0 bridgehead atoms. The molecular weight excluding hydrogens is 811 g/mol. The smallest absolute Gasteiger partial charge is 0.0714 e. The summed E-state index contributed by atoms with van der Waals surface area (Å²) >= 11 is 3.80. The molecule has 2 heterocycles. The number of hydrogen-bond donors (Lipinski definition) is 0.